The van der Waals surface area contributed by atoms with Crippen molar-refractivity contribution in [3.63, 3.8) is 0 Å². The van der Waals surface area contributed by atoms with Crippen molar-refractivity contribution in [2.75, 3.05) is 5.32 Å². The average Bonchev–Trinajstić information content (AvgIpc) is 2.76. The van der Waals surface area contributed by atoms with E-state index in [1.54, 1.807) is 17.5 Å². The maximum atomic E-state index is 11.9. The number of hydrogen-bond donors (Lipinski definition) is 2. The largest absolute Gasteiger partial charge is 0.481 e. The molecule has 2 N–H and O–H groups in total. The monoisotopic (exact) mass is 277 g/mol. The second-order valence-electron chi connectivity index (χ2n) is 3.86. The van der Waals surface area contributed by atoms with Gasteiger partial charge in [0.15, 0.2) is 5.13 Å². The zero-order chi connectivity index (χ0) is 13.8. The quantitative estimate of drug-likeness (QED) is 0.887. The summed E-state index contributed by atoms with van der Waals surface area (Å²) < 4.78 is 0. The predicted octanol–water partition coefficient (Wildman–Crippen LogP) is 1.73. The molecule has 0 saturated heterocycles. The summed E-state index contributed by atoms with van der Waals surface area (Å²) in [6.45, 7) is 1.83. The van der Waals surface area contributed by atoms with Gasteiger partial charge in [0, 0.05) is 17.3 Å². The van der Waals surface area contributed by atoms with Crippen LogP contribution in [0.2, 0.25) is 0 Å². The van der Waals surface area contributed by atoms with Gasteiger partial charge >= 0.3 is 5.97 Å². The fourth-order valence-corrected chi connectivity index (χ4v) is 2.08. The van der Waals surface area contributed by atoms with E-state index in [4.69, 9.17) is 5.11 Å². The lowest BCUT2D eigenvalue weighted by atomic mass is 10.2. The van der Waals surface area contributed by atoms with Gasteiger partial charge in [-0.05, 0) is 19.1 Å². The summed E-state index contributed by atoms with van der Waals surface area (Å²) in [5.74, 6) is -1.27. The molecule has 0 spiro atoms. The second kappa shape index (κ2) is 5.57. The molecule has 19 heavy (non-hydrogen) atoms. The molecule has 0 fully saturated rings. The third-order valence-corrected chi connectivity index (χ3v) is 3.08. The van der Waals surface area contributed by atoms with Crippen LogP contribution >= 0.6 is 11.3 Å². The molecule has 6 nitrogen and oxygen atoms in total. The summed E-state index contributed by atoms with van der Waals surface area (Å²) in [6, 6.07) is 3.41. The molecule has 0 aliphatic carbocycles. The predicted molar refractivity (Wildman–Crippen MR) is 70.4 cm³/mol. The lowest BCUT2D eigenvalue weighted by Crippen LogP contribution is -2.12. The van der Waals surface area contributed by atoms with Crippen LogP contribution < -0.4 is 5.32 Å². The molecule has 2 aromatic heterocycles. The number of amides is 1. The summed E-state index contributed by atoms with van der Waals surface area (Å²) in [6.07, 6.45) is 1.33. The Balaban J connectivity index is 2.04. The Kier molecular flexibility index (Phi) is 3.86. The van der Waals surface area contributed by atoms with E-state index < -0.39 is 5.97 Å². The molecule has 0 aromatic carbocycles. The van der Waals surface area contributed by atoms with Crippen molar-refractivity contribution in [1.82, 2.24) is 9.97 Å². The van der Waals surface area contributed by atoms with Gasteiger partial charge in [0.05, 0.1) is 17.7 Å². The molecule has 0 atom stereocenters. The number of carboxylic acids is 1. The first kappa shape index (κ1) is 13.2. The number of thiazole rings is 1. The molecule has 2 aromatic rings. The average molecular weight is 277 g/mol. The molecule has 0 aliphatic rings. The lowest BCUT2D eigenvalue weighted by Gasteiger charge is -2.01. The number of pyridine rings is 1. The van der Waals surface area contributed by atoms with Crippen LogP contribution in [0.25, 0.3) is 0 Å². The van der Waals surface area contributed by atoms with Crippen molar-refractivity contribution in [1.29, 1.82) is 0 Å². The number of nitrogens with one attached hydrogen (secondary N) is 1. The van der Waals surface area contributed by atoms with Gasteiger partial charge in [-0.15, -0.1) is 11.3 Å². The number of aryl methyl sites for hydroxylation is 1. The minimum atomic E-state index is -0.953. The van der Waals surface area contributed by atoms with Crippen molar-refractivity contribution in [2.24, 2.45) is 0 Å². The van der Waals surface area contributed by atoms with Gasteiger partial charge in [-0.3, -0.25) is 19.9 Å². The number of rotatable bonds is 4. The molecule has 7 heteroatoms. The fourth-order valence-electron chi connectivity index (χ4n) is 1.37. The highest BCUT2D eigenvalue weighted by atomic mass is 32.1. The Bertz CT molecular complexity index is 607. The molecule has 0 aliphatic heterocycles. The van der Waals surface area contributed by atoms with Crippen LogP contribution in [0.1, 0.15) is 21.7 Å². The number of nitrogens with zero attached hydrogens (tertiary/aromatic N) is 2. The molecule has 0 unspecified atom stereocenters. The fraction of sp³-hybridized carbons (Fsp3) is 0.167. The van der Waals surface area contributed by atoms with Gasteiger partial charge in [0.1, 0.15) is 0 Å². The first-order valence-corrected chi connectivity index (χ1v) is 6.33. The van der Waals surface area contributed by atoms with Gasteiger partial charge < -0.3 is 5.11 Å². The highest BCUT2D eigenvalue weighted by Gasteiger charge is 2.10. The number of carbonyl (C=O) groups is 2. The van der Waals surface area contributed by atoms with Crippen molar-refractivity contribution in [2.45, 2.75) is 13.3 Å². The summed E-state index contributed by atoms with van der Waals surface area (Å²) in [4.78, 5) is 30.4. The summed E-state index contributed by atoms with van der Waals surface area (Å²) in [5, 5.41) is 13.2. The summed E-state index contributed by atoms with van der Waals surface area (Å²) >= 11 is 1.19. The standard InChI is InChI=1S/C12H11N3O3S/c1-7-2-3-8(5-13-7)11(18)15-12-14-9(6-19-12)4-10(16)17/h2-3,5-6H,4H2,1H3,(H,16,17)(H,14,15,18). The van der Waals surface area contributed by atoms with Gasteiger partial charge in [0.2, 0.25) is 0 Å². The smallest absolute Gasteiger partial charge is 0.309 e. The Morgan fingerprint density at radius 1 is 1.42 bits per heavy atom. The highest BCUT2D eigenvalue weighted by molar-refractivity contribution is 7.14. The molecular weight excluding hydrogens is 266 g/mol. The van der Waals surface area contributed by atoms with Crippen LogP contribution in [0.15, 0.2) is 23.7 Å². The van der Waals surface area contributed by atoms with Gasteiger partial charge in [-0.1, -0.05) is 0 Å². The van der Waals surface area contributed by atoms with Gasteiger partial charge in [-0.25, -0.2) is 4.98 Å². The second-order valence-corrected chi connectivity index (χ2v) is 4.71. The van der Waals surface area contributed by atoms with E-state index in [0.717, 1.165) is 5.69 Å². The third kappa shape index (κ3) is 3.59. The number of carbonyl (C=O) groups excluding carboxylic acids is 1. The molecule has 1 amide bonds. The Morgan fingerprint density at radius 3 is 2.84 bits per heavy atom. The summed E-state index contributed by atoms with van der Waals surface area (Å²) in [7, 11) is 0. The maximum Gasteiger partial charge on any atom is 0.309 e. The number of aromatic nitrogens is 2. The normalized spacial score (nSPS) is 10.2. The Hall–Kier alpha value is -2.28. The summed E-state index contributed by atoms with van der Waals surface area (Å²) in [5.41, 5.74) is 1.69. The van der Waals surface area contributed by atoms with Crippen molar-refractivity contribution in [3.05, 3.63) is 40.7 Å². The first-order chi connectivity index (χ1) is 9.04. The minimum absolute atomic E-state index is 0.154. The van der Waals surface area contributed by atoms with Crippen LogP contribution in [0.4, 0.5) is 5.13 Å². The van der Waals surface area contributed by atoms with Gasteiger partial charge in [0.25, 0.3) is 5.91 Å². The van der Waals surface area contributed by atoms with Crippen LogP contribution in [-0.4, -0.2) is 27.0 Å². The number of anilines is 1. The van der Waals surface area contributed by atoms with E-state index in [2.05, 4.69) is 15.3 Å². The zero-order valence-corrected chi connectivity index (χ0v) is 10.9. The molecule has 0 saturated carbocycles. The van der Waals surface area contributed by atoms with Crippen molar-refractivity contribution >= 4 is 28.3 Å². The van der Waals surface area contributed by atoms with E-state index >= 15 is 0 Å². The van der Waals surface area contributed by atoms with E-state index in [1.165, 1.54) is 17.5 Å². The molecule has 2 rings (SSSR count). The van der Waals surface area contributed by atoms with Crippen molar-refractivity contribution in [3.8, 4) is 0 Å². The van der Waals surface area contributed by atoms with Crippen LogP contribution in [0.3, 0.4) is 0 Å². The molecular formula is C12H11N3O3S. The minimum Gasteiger partial charge on any atom is -0.481 e. The van der Waals surface area contributed by atoms with Crippen LogP contribution in [-0.2, 0) is 11.2 Å². The molecule has 0 radical (unpaired) electrons. The number of aliphatic carboxylic acids is 1. The first-order valence-electron chi connectivity index (χ1n) is 5.45. The molecule has 2 heterocycles. The van der Waals surface area contributed by atoms with Gasteiger partial charge in [-0.2, -0.15) is 0 Å². The van der Waals surface area contributed by atoms with E-state index in [9.17, 15) is 9.59 Å². The Labute approximate surface area is 113 Å². The van der Waals surface area contributed by atoms with Crippen LogP contribution in [0, 0.1) is 6.92 Å². The number of hydrogen-bond acceptors (Lipinski definition) is 5. The maximum absolute atomic E-state index is 11.9. The van der Waals surface area contributed by atoms with Crippen LogP contribution in [0.5, 0.6) is 0 Å². The third-order valence-electron chi connectivity index (χ3n) is 2.28. The topological polar surface area (TPSA) is 92.2 Å². The SMILES string of the molecule is Cc1ccc(C(=O)Nc2nc(CC(=O)O)cs2)cn1. The van der Waals surface area contributed by atoms with E-state index in [-0.39, 0.29) is 12.3 Å². The number of carboxylic acid groups (broad SMARTS) is 1. The lowest BCUT2D eigenvalue weighted by molar-refractivity contribution is -0.136. The van der Waals surface area contributed by atoms with Crippen molar-refractivity contribution < 1.29 is 14.7 Å². The van der Waals surface area contributed by atoms with E-state index in [1.807, 2.05) is 6.92 Å². The zero-order valence-electron chi connectivity index (χ0n) is 10.1. The van der Waals surface area contributed by atoms with E-state index in [0.29, 0.717) is 16.4 Å². The molecule has 98 valence electrons. The highest BCUT2D eigenvalue weighted by Crippen LogP contribution is 2.16. The molecule has 0 bridgehead atoms. The Morgan fingerprint density at radius 2 is 2.21 bits per heavy atom.